The number of likely N-dealkylation sites (tertiary alicyclic amines) is 1. The van der Waals surface area contributed by atoms with Crippen molar-refractivity contribution < 1.29 is 0 Å². The number of nitrogens with one attached hydrogen (secondary N) is 1. The summed E-state index contributed by atoms with van der Waals surface area (Å²) in [5.74, 6) is 2.49. The first-order valence-electron chi connectivity index (χ1n) is 7.26. The zero-order chi connectivity index (χ0) is 13.7. The lowest BCUT2D eigenvalue weighted by Gasteiger charge is -2.15. The van der Waals surface area contributed by atoms with Crippen molar-refractivity contribution in [1.82, 2.24) is 14.9 Å². The monoisotopic (exact) mass is 263 g/mol. The summed E-state index contributed by atoms with van der Waals surface area (Å²) in [6.45, 7) is 8.78. The summed E-state index contributed by atoms with van der Waals surface area (Å²) in [7, 11) is 0. The van der Waals surface area contributed by atoms with Gasteiger partial charge in [0, 0.05) is 18.5 Å². The van der Waals surface area contributed by atoms with E-state index < -0.39 is 0 Å². The summed E-state index contributed by atoms with van der Waals surface area (Å²) in [4.78, 5) is 11.3. The van der Waals surface area contributed by atoms with E-state index in [0.717, 1.165) is 24.6 Å². The van der Waals surface area contributed by atoms with Gasteiger partial charge in [0.25, 0.3) is 0 Å². The zero-order valence-corrected chi connectivity index (χ0v) is 12.0. The van der Waals surface area contributed by atoms with Crippen LogP contribution in [0, 0.1) is 0 Å². The first-order valence-corrected chi connectivity index (χ1v) is 7.26. The summed E-state index contributed by atoms with van der Waals surface area (Å²) in [6.07, 6.45) is 3.85. The molecule has 5 nitrogen and oxygen atoms in total. The molecule has 2 rings (SSSR count). The van der Waals surface area contributed by atoms with Gasteiger partial charge in [0.1, 0.15) is 17.5 Å². The van der Waals surface area contributed by atoms with Crippen LogP contribution in [0.25, 0.3) is 0 Å². The predicted octanol–water partition coefficient (Wildman–Crippen LogP) is 2.08. The molecule has 0 aromatic carbocycles. The Balaban J connectivity index is 1.78. The number of hydrogen-bond donors (Lipinski definition) is 2. The largest absolute Gasteiger partial charge is 0.384 e. The fourth-order valence-corrected chi connectivity index (χ4v) is 2.36. The van der Waals surface area contributed by atoms with E-state index in [4.69, 9.17) is 5.73 Å². The molecular formula is C14H25N5. The van der Waals surface area contributed by atoms with Gasteiger partial charge in [0.05, 0.1) is 0 Å². The van der Waals surface area contributed by atoms with Gasteiger partial charge >= 0.3 is 0 Å². The Morgan fingerprint density at radius 2 is 2.05 bits per heavy atom. The molecule has 0 radical (unpaired) electrons. The van der Waals surface area contributed by atoms with Crippen LogP contribution in [0.5, 0.6) is 0 Å². The second kappa shape index (κ2) is 6.70. The highest BCUT2D eigenvalue weighted by Gasteiger charge is 2.10. The van der Waals surface area contributed by atoms with Crippen LogP contribution >= 0.6 is 0 Å². The first kappa shape index (κ1) is 14.1. The molecule has 0 saturated carbocycles. The van der Waals surface area contributed by atoms with Gasteiger partial charge in [-0.05, 0) is 38.9 Å². The highest BCUT2D eigenvalue weighted by molar-refractivity contribution is 5.44. The molecule has 1 aliphatic rings. The van der Waals surface area contributed by atoms with Gasteiger partial charge in [-0.25, -0.2) is 9.97 Å². The highest BCUT2D eigenvalue weighted by Crippen LogP contribution is 2.15. The third-order valence-electron chi connectivity index (χ3n) is 3.44. The van der Waals surface area contributed by atoms with Gasteiger partial charge in [-0.2, -0.15) is 0 Å². The maximum atomic E-state index is 5.80. The second-order valence-corrected chi connectivity index (χ2v) is 5.52. The van der Waals surface area contributed by atoms with Crippen LogP contribution in [0.1, 0.15) is 44.9 Å². The van der Waals surface area contributed by atoms with Gasteiger partial charge in [-0.1, -0.05) is 13.8 Å². The summed E-state index contributed by atoms with van der Waals surface area (Å²) in [5.41, 5.74) is 5.80. The number of nitrogens with zero attached hydrogens (tertiary/aromatic N) is 3. The van der Waals surface area contributed by atoms with Crippen molar-refractivity contribution in [3.05, 3.63) is 11.9 Å². The number of nitrogen functional groups attached to an aromatic ring is 1. The van der Waals surface area contributed by atoms with E-state index in [1.807, 2.05) is 6.07 Å². The molecule has 1 saturated heterocycles. The number of hydrogen-bond acceptors (Lipinski definition) is 5. The van der Waals surface area contributed by atoms with E-state index in [2.05, 4.69) is 34.0 Å². The van der Waals surface area contributed by atoms with E-state index in [-0.39, 0.29) is 0 Å². The highest BCUT2D eigenvalue weighted by atomic mass is 15.1. The minimum Gasteiger partial charge on any atom is -0.384 e. The minimum atomic E-state index is 0.300. The maximum Gasteiger partial charge on any atom is 0.135 e. The van der Waals surface area contributed by atoms with E-state index in [0.29, 0.717) is 11.7 Å². The lowest BCUT2D eigenvalue weighted by molar-refractivity contribution is 0.337. The van der Waals surface area contributed by atoms with Crippen molar-refractivity contribution in [2.24, 2.45) is 0 Å². The fraction of sp³-hybridized carbons (Fsp3) is 0.714. The van der Waals surface area contributed by atoms with E-state index in [1.165, 1.54) is 32.5 Å². The Kier molecular flexibility index (Phi) is 4.96. The summed E-state index contributed by atoms with van der Waals surface area (Å²) >= 11 is 0. The van der Waals surface area contributed by atoms with Crippen molar-refractivity contribution >= 4 is 11.6 Å². The van der Waals surface area contributed by atoms with Gasteiger partial charge < -0.3 is 16.0 Å². The minimum absolute atomic E-state index is 0.300. The molecule has 0 unspecified atom stereocenters. The standard InChI is InChI=1S/C14H25N5/c1-11(2)14-17-12(15)10-13(18-14)16-6-5-9-19-7-3-4-8-19/h10-11H,3-9H2,1-2H3,(H3,15,16,17,18). The van der Waals surface area contributed by atoms with Gasteiger partial charge in [0.15, 0.2) is 0 Å². The van der Waals surface area contributed by atoms with Crippen molar-refractivity contribution in [1.29, 1.82) is 0 Å². The van der Waals surface area contributed by atoms with Crippen LogP contribution < -0.4 is 11.1 Å². The van der Waals surface area contributed by atoms with Crippen molar-refractivity contribution in [3.8, 4) is 0 Å². The number of nitrogens with two attached hydrogens (primary N) is 1. The zero-order valence-electron chi connectivity index (χ0n) is 12.0. The Bertz CT molecular complexity index is 399. The van der Waals surface area contributed by atoms with E-state index in [9.17, 15) is 0 Å². The molecule has 0 spiro atoms. The molecular weight excluding hydrogens is 238 g/mol. The quantitative estimate of drug-likeness (QED) is 0.769. The van der Waals surface area contributed by atoms with Crippen molar-refractivity contribution in [2.45, 2.75) is 39.0 Å². The predicted molar refractivity (Wildman–Crippen MR) is 79.3 cm³/mol. The topological polar surface area (TPSA) is 67.1 Å². The third kappa shape index (κ3) is 4.35. The molecule has 2 heterocycles. The molecule has 1 fully saturated rings. The number of anilines is 2. The average Bonchev–Trinajstić information content (AvgIpc) is 2.87. The van der Waals surface area contributed by atoms with E-state index in [1.54, 1.807) is 0 Å². The normalized spacial score (nSPS) is 16.2. The Hall–Kier alpha value is -1.36. The molecule has 1 aliphatic heterocycles. The molecule has 5 heteroatoms. The average molecular weight is 263 g/mol. The van der Waals surface area contributed by atoms with Gasteiger partial charge in [-0.15, -0.1) is 0 Å². The van der Waals surface area contributed by atoms with Gasteiger partial charge in [-0.3, -0.25) is 0 Å². The van der Waals surface area contributed by atoms with Crippen molar-refractivity contribution in [2.75, 3.05) is 37.2 Å². The van der Waals surface area contributed by atoms with Crippen LogP contribution in [-0.2, 0) is 0 Å². The molecule has 0 atom stereocenters. The lowest BCUT2D eigenvalue weighted by Crippen LogP contribution is -2.22. The molecule has 0 bridgehead atoms. The molecule has 106 valence electrons. The smallest absolute Gasteiger partial charge is 0.135 e. The Morgan fingerprint density at radius 1 is 1.32 bits per heavy atom. The molecule has 0 amide bonds. The van der Waals surface area contributed by atoms with Crippen LogP contribution in [0.2, 0.25) is 0 Å². The van der Waals surface area contributed by atoms with Crippen LogP contribution in [-0.4, -0.2) is 41.0 Å². The number of aromatic nitrogens is 2. The SMILES string of the molecule is CC(C)c1nc(N)cc(NCCCN2CCCC2)n1. The van der Waals surface area contributed by atoms with Crippen molar-refractivity contribution in [3.63, 3.8) is 0 Å². The number of rotatable bonds is 6. The second-order valence-electron chi connectivity index (χ2n) is 5.52. The fourth-order valence-electron chi connectivity index (χ4n) is 2.36. The molecule has 0 aliphatic carbocycles. The molecule has 1 aromatic rings. The van der Waals surface area contributed by atoms with Crippen LogP contribution in [0.4, 0.5) is 11.6 Å². The molecule has 3 N–H and O–H groups in total. The summed E-state index contributed by atoms with van der Waals surface area (Å²) < 4.78 is 0. The lowest BCUT2D eigenvalue weighted by atomic mass is 10.2. The van der Waals surface area contributed by atoms with Gasteiger partial charge in [0.2, 0.25) is 0 Å². The summed E-state index contributed by atoms with van der Waals surface area (Å²) in [5, 5.41) is 3.35. The first-order chi connectivity index (χ1) is 9.15. The Labute approximate surface area is 115 Å². The van der Waals surface area contributed by atoms with Crippen LogP contribution in [0.15, 0.2) is 6.07 Å². The Morgan fingerprint density at radius 3 is 2.74 bits per heavy atom. The maximum absolute atomic E-state index is 5.80. The third-order valence-corrected chi connectivity index (χ3v) is 3.44. The molecule has 1 aromatic heterocycles. The molecule has 19 heavy (non-hydrogen) atoms. The van der Waals surface area contributed by atoms with Crippen LogP contribution in [0.3, 0.4) is 0 Å². The summed E-state index contributed by atoms with van der Waals surface area (Å²) in [6, 6.07) is 1.81. The van der Waals surface area contributed by atoms with E-state index >= 15 is 0 Å².